The SMILES string of the molecule is CCSc1ccccc1NCc1c(Cl)cccc1Cl. The predicted molar refractivity (Wildman–Crippen MR) is 86.6 cm³/mol. The van der Waals surface area contributed by atoms with Crippen molar-refractivity contribution in [2.24, 2.45) is 0 Å². The van der Waals surface area contributed by atoms with Crippen molar-refractivity contribution in [1.82, 2.24) is 0 Å². The van der Waals surface area contributed by atoms with E-state index in [9.17, 15) is 0 Å². The maximum Gasteiger partial charge on any atom is 0.0481 e. The molecule has 0 aliphatic rings. The van der Waals surface area contributed by atoms with Crippen LogP contribution in [0.4, 0.5) is 5.69 Å². The summed E-state index contributed by atoms with van der Waals surface area (Å²) in [4.78, 5) is 1.24. The summed E-state index contributed by atoms with van der Waals surface area (Å²) in [6, 6.07) is 13.8. The molecule has 0 radical (unpaired) electrons. The molecule has 0 heterocycles. The van der Waals surface area contributed by atoms with Gasteiger partial charge in [0.2, 0.25) is 0 Å². The second kappa shape index (κ2) is 7.09. The summed E-state index contributed by atoms with van der Waals surface area (Å²) in [6.07, 6.45) is 0. The number of hydrogen-bond donors (Lipinski definition) is 1. The predicted octanol–water partition coefficient (Wildman–Crippen LogP) is 5.72. The molecule has 4 heteroatoms. The Kier molecular flexibility index (Phi) is 5.44. The molecule has 0 saturated carbocycles. The third kappa shape index (κ3) is 3.82. The smallest absolute Gasteiger partial charge is 0.0481 e. The van der Waals surface area contributed by atoms with Crippen molar-refractivity contribution in [2.75, 3.05) is 11.1 Å². The molecule has 0 aliphatic carbocycles. The Morgan fingerprint density at radius 2 is 1.68 bits per heavy atom. The van der Waals surface area contributed by atoms with Crippen molar-refractivity contribution in [3.63, 3.8) is 0 Å². The molecular weight excluding hydrogens is 297 g/mol. The quantitative estimate of drug-likeness (QED) is 0.709. The van der Waals surface area contributed by atoms with E-state index in [1.165, 1.54) is 4.90 Å². The van der Waals surface area contributed by atoms with Crippen molar-refractivity contribution in [2.45, 2.75) is 18.4 Å². The topological polar surface area (TPSA) is 12.0 Å². The second-order valence-corrected chi connectivity index (χ2v) is 6.10. The average molecular weight is 312 g/mol. The van der Waals surface area contributed by atoms with Gasteiger partial charge in [-0.05, 0) is 30.0 Å². The third-order valence-corrected chi connectivity index (χ3v) is 4.37. The molecule has 2 aromatic carbocycles. The van der Waals surface area contributed by atoms with E-state index >= 15 is 0 Å². The van der Waals surface area contributed by atoms with Crippen molar-refractivity contribution < 1.29 is 0 Å². The minimum atomic E-state index is 0.625. The molecular formula is C15H15Cl2NS. The molecule has 0 unspecified atom stereocenters. The third-order valence-electron chi connectivity index (χ3n) is 2.70. The summed E-state index contributed by atoms with van der Waals surface area (Å²) in [6.45, 7) is 2.77. The zero-order valence-corrected chi connectivity index (χ0v) is 12.9. The highest BCUT2D eigenvalue weighted by Crippen LogP contribution is 2.29. The molecule has 2 aromatic rings. The first-order valence-electron chi connectivity index (χ1n) is 6.11. The largest absolute Gasteiger partial charge is 0.380 e. The van der Waals surface area contributed by atoms with Crippen LogP contribution in [0.25, 0.3) is 0 Å². The van der Waals surface area contributed by atoms with Gasteiger partial charge >= 0.3 is 0 Å². The normalized spacial score (nSPS) is 10.5. The summed E-state index contributed by atoms with van der Waals surface area (Å²) >= 11 is 14.2. The van der Waals surface area contributed by atoms with Crippen LogP contribution in [0.15, 0.2) is 47.4 Å². The first-order valence-corrected chi connectivity index (χ1v) is 7.85. The molecule has 0 fully saturated rings. The van der Waals surface area contributed by atoms with Gasteiger partial charge in [-0.25, -0.2) is 0 Å². The molecule has 19 heavy (non-hydrogen) atoms. The van der Waals surface area contributed by atoms with Crippen molar-refractivity contribution >= 4 is 40.7 Å². The molecule has 1 N–H and O–H groups in total. The maximum atomic E-state index is 6.17. The van der Waals surface area contributed by atoms with Crippen LogP contribution in [0.2, 0.25) is 10.0 Å². The molecule has 0 spiro atoms. The van der Waals surface area contributed by atoms with Crippen LogP contribution in [-0.2, 0) is 6.54 Å². The van der Waals surface area contributed by atoms with Gasteiger partial charge in [-0.1, -0.05) is 48.3 Å². The van der Waals surface area contributed by atoms with Crippen LogP contribution in [0, 0.1) is 0 Å². The van der Waals surface area contributed by atoms with E-state index in [2.05, 4.69) is 24.4 Å². The minimum Gasteiger partial charge on any atom is -0.380 e. The lowest BCUT2D eigenvalue weighted by Gasteiger charge is -2.13. The van der Waals surface area contributed by atoms with Gasteiger partial charge in [0.15, 0.2) is 0 Å². The molecule has 0 aromatic heterocycles. The van der Waals surface area contributed by atoms with E-state index in [0.717, 1.165) is 17.0 Å². The van der Waals surface area contributed by atoms with Gasteiger partial charge < -0.3 is 5.32 Å². The Morgan fingerprint density at radius 3 is 2.37 bits per heavy atom. The molecule has 1 nitrogen and oxygen atoms in total. The fraction of sp³-hybridized carbons (Fsp3) is 0.200. The maximum absolute atomic E-state index is 6.17. The van der Waals surface area contributed by atoms with Gasteiger partial charge in [0.1, 0.15) is 0 Å². The zero-order valence-electron chi connectivity index (χ0n) is 10.6. The standard InChI is InChI=1S/C15H15Cl2NS/c1-2-19-15-9-4-3-8-14(15)18-10-11-12(16)6-5-7-13(11)17/h3-9,18H,2,10H2,1H3. The molecule has 100 valence electrons. The van der Waals surface area contributed by atoms with E-state index in [0.29, 0.717) is 16.6 Å². The summed E-state index contributed by atoms with van der Waals surface area (Å²) < 4.78 is 0. The van der Waals surface area contributed by atoms with E-state index in [-0.39, 0.29) is 0 Å². The summed E-state index contributed by atoms with van der Waals surface area (Å²) in [7, 11) is 0. The van der Waals surface area contributed by atoms with E-state index in [1.807, 2.05) is 42.1 Å². The van der Waals surface area contributed by atoms with E-state index in [1.54, 1.807) is 0 Å². The van der Waals surface area contributed by atoms with Crippen molar-refractivity contribution in [3.05, 3.63) is 58.1 Å². The summed E-state index contributed by atoms with van der Waals surface area (Å²) in [5.74, 6) is 1.05. The van der Waals surface area contributed by atoms with Gasteiger partial charge in [-0.15, -0.1) is 11.8 Å². The molecule has 0 saturated heterocycles. The van der Waals surface area contributed by atoms with Crippen molar-refractivity contribution in [3.8, 4) is 0 Å². The van der Waals surface area contributed by atoms with Crippen LogP contribution in [0.1, 0.15) is 12.5 Å². The minimum absolute atomic E-state index is 0.625. The molecule has 0 atom stereocenters. The monoisotopic (exact) mass is 311 g/mol. The molecule has 0 bridgehead atoms. The van der Waals surface area contributed by atoms with Crippen LogP contribution in [0.3, 0.4) is 0 Å². The lowest BCUT2D eigenvalue weighted by molar-refractivity contribution is 1.13. The fourth-order valence-electron chi connectivity index (χ4n) is 1.78. The summed E-state index contributed by atoms with van der Waals surface area (Å²) in [5, 5.41) is 4.80. The molecule has 0 amide bonds. The zero-order chi connectivity index (χ0) is 13.7. The Balaban J connectivity index is 2.15. The number of rotatable bonds is 5. The van der Waals surface area contributed by atoms with Gasteiger partial charge in [0.25, 0.3) is 0 Å². The van der Waals surface area contributed by atoms with Gasteiger partial charge in [0.05, 0.1) is 0 Å². The highest BCUT2D eigenvalue weighted by atomic mass is 35.5. The highest BCUT2D eigenvalue weighted by molar-refractivity contribution is 7.99. The fourth-order valence-corrected chi connectivity index (χ4v) is 3.09. The Labute approximate surface area is 128 Å². The van der Waals surface area contributed by atoms with E-state index < -0.39 is 0 Å². The number of para-hydroxylation sites is 1. The van der Waals surface area contributed by atoms with Crippen LogP contribution >= 0.6 is 35.0 Å². The average Bonchev–Trinajstić information content (AvgIpc) is 2.40. The lowest BCUT2D eigenvalue weighted by atomic mass is 10.2. The van der Waals surface area contributed by atoms with Crippen LogP contribution in [-0.4, -0.2) is 5.75 Å². The summed E-state index contributed by atoms with van der Waals surface area (Å²) in [5.41, 5.74) is 2.05. The number of halogens is 2. The second-order valence-electron chi connectivity index (χ2n) is 3.98. The lowest BCUT2D eigenvalue weighted by Crippen LogP contribution is -2.02. The number of benzene rings is 2. The first kappa shape index (κ1) is 14.6. The number of hydrogen-bond acceptors (Lipinski definition) is 2. The number of thioether (sulfide) groups is 1. The molecule has 2 rings (SSSR count). The molecule has 0 aliphatic heterocycles. The Hall–Kier alpha value is -0.830. The first-order chi connectivity index (χ1) is 9.22. The van der Waals surface area contributed by atoms with Gasteiger partial charge in [-0.2, -0.15) is 0 Å². The number of anilines is 1. The van der Waals surface area contributed by atoms with E-state index in [4.69, 9.17) is 23.2 Å². The number of nitrogens with one attached hydrogen (secondary N) is 1. The van der Waals surface area contributed by atoms with Crippen LogP contribution in [0.5, 0.6) is 0 Å². The van der Waals surface area contributed by atoms with Gasteiger partial charge in [-0.3, -0.25) is 0 Å². The van der Waals surface area contributed by atoms with Crippen LogP contribution < -0.4 is 5.32 Å². The van der Waals surface area contributed by atoms with Crippen molar-refractivity contribution in [1.29, 1.82) is 0 Å². The Morgan fingerprint density at radius 1 is 1.00 bits per heavy atom. The van der Waals surface area contributed by atoms with Gasteiger partial charge in [0, 0.05) is 32.7 Å². The highest BCUT2D eigenvalue weighted by Gasteiger charge is 2.06. The Bertz CT molecular complexity index is 537.